The number of primary amides is 1. The van der Waals surface area contributed by atoms with Crippen molar-refractivity contribution >= 4 is 33.7 Å². The van der Waals surface area contributed by atoms with Crippen LogP contribution in [0.2, 0.25) is 0 Å². The lowest BCUT2D eigenvalue weighted by Gasteiger charge is -2.38. The number of hydrogen-bond acceptors (Lipinski definition) is 8. The molecule has 0 aromatic heterocycles. The summed E-state index contributed by atoms with van der Waals surface area (Å²) < 4.78 is 36.0. The quantitative estimate of drug-likeness (QED) is 0.379. The lowest BCUT2D eigenvalue weighted by atomic mass is 9.93. The van der Waals surface area contributed by atoms with Gasteiger partial charge in [0, 0.05) is 24.7 Å². The average molecular weight is 409 g/mol. The maximum Gasteiger partial charge on any atom is 0.350 e. The Morgan fingerprint density at radius 2 is 1.61 bits per heavy atom. The molecule has 11 heteroatoms. The summed E-state index contributed by atoms with van der Waals surface area (Å²) in [6, 6.07) is 4.02. The molecule has 0 unspecified atom stereocenters. The van der Waals surface area contributed by atoms with E-state index < -0.39 is 33.8 Å². The van der Waals surface area contributed by atoms with Crippen LogP contribution in [0.5, 0.6) is 0 Å². The molecule has 1 heterocycles. The Labute approximate surface area is 161 Å². The summed E-state index contributed by atoms with van der Waals surface area (Å²) in [6.07, 6.45) is 4.75. The van der Waals surface area contributed by atoms with Crippen LogP contribution in [-0.4, -0.2) is 32.2 Å². The van der Waals surface area contributed by atoms with Gasteiger partial charge in [-0.05, 0) is 37.1 Å². The first kappa shape index (κ1) is 19.7. The van der Waals surface area contributed by atoms with Crippen molar-refractivity contribution in [2.75, 3.05) is 5.32 Å². The number of urea groups is 1. The second-order valence-corrected chi connectivity index (χ2v) is 8.13. The van der Waals surface area contributed by atoms with E-state index in [4.69, 9.17) is 15.2 Å². The zero-order valence-electron chi connectivity index (χ0n) is 14.8. The third-order valence-corrected chi connectivity index (χ3v) is 5.76. The van der Waals surface area contributed by atoms with Gasteiger partial charge < -0.3 is 20.5 Å². The van der Waals surface area contributed by atoms with Gasteiger partial charge in [-0.25, -0.2) is 27.5 Å². The van der Waals surface area contributed by atoms with E-state index in [2.05, 4.69) is 5.32 Å². The minimum Gasteiger partial charge on any atom is -0.419 e. The number of carbonyl (C=O) groups is 3. The number of sulfonamides is 1. The fraction of sp³-hybridized carbons (Fsp3) is 0.353. The molecule has 1 saturated carbocycles. The summed E-state index contributed by atoms with van der Waals surface area (Å²) in [6.45, 7) is 0. The van der Waals surface area contributed by atoms with E-state index in [1.54, 1.807) is 4.72 Å². The minimum atomic E-state index is -4.06. The van der Waals surface area contributed by atoms with E-state index in [-0.39, 0.29) is 10.5 Å². The second-order valence-electron chi connectivity index (χ2n) is 6.45. The topological polar surface area (TPSA) is 154 Å². The van der Waals surface area contributed by atoms with Gasteiger partial charge in [-0.3, -0.25) is 0 Å². The lowest BCUT2D eigenvalue weighted by Crippen LogP contribution is -2.47. The molecule has 1 spiro atoms. The van der Waals surface area contributed by atoms with Crippen molar-refractivity contribution in [2.24, 2.45) is 5.73 Å². The average Bonchev–Trinajstić information content (AvgIpc) is 2.61. The van der Waals surface area contributed by atoms with Crippen molar-refractivity contribution in [1.29, 1.82) is 0 Å². The lowest BCUT2D eigenvalue weighted by molar-refractivity contribution is -0.244. The summed E-state index contributed by atoms with van der Waals surface area (Å²) in [5.74, 6) is -2.70. The number of carbonyl (C=O) groups excluding carboxylic acids is 3. The van der Waals surface area contributed by atoms with E-state index in [1.165, 1.54) is 24.3 Å². The Balaban J connectivity index is 1.69. The maximum atomic E-state index is 12.2. The number of rotatable bonds is 4. The monoisotopic (exact) mass is 409 g/mol. The Morgan fingerprint density at radius 1 is 1.04 bits per heavy atom. The molecule has 0 atom stereocenters. The van der Waals surface area contributed by atoms with Crippen LogP contribution in [0.25, 0.3) is 0 Å². The van der Waals surface area contributed by atoms with Crippen LogP contribution in [0.1, 0.15) is 32.1 Å². The minimum absolute atomic E-state index is 0.180. The van der Waals surface area contributed by atoms with Gasteiger partial charge in [0.05, 0.1) is 4.90 Å². The normalized spacial score (nSPS) is 18.8. The highest BCUT2D eigenvalue weighted by atomic mass is 32.2. The van der Waals surface area contributed by atoms with E-state index in [1.807, 2.05) is 0 Å². The van der Waals surface area contributed by atoms with Crippen molar-refractivity contribution in [3.05, 3.63) is 36.0 Å². The molecule has 2 fully saturated rings. The molecule has 1 aliphatic carbocycles. The number of anilines is 1. The molecule has 4 N–H and O–H groups in total. The van der Waals surface area contributed by atoms with Crippen LogP contribution in [0.4, 0.5) is 10.5 Å². The number of nitrogens with one attached hydrogen (secondary N) is 2. The number of benzene rings is 1. The summed E-state index contributed by atoms with van der Waals surface area (Å²) in [7, 11) is -4.06. The van der Waals surface area contributed by atoms with Crippen LogP contribution in [-0.2, 0) is 29.1 Å². The molecule has 0 radical (unpaired) electrons. The molecule has 2 amide bonds. The van der Waals surface area contributed by atoms with E-state index in [0.29, 0.717) is 18.5 Å². The summed E-state index contributed by atoms with van der Waals surface area (Å²) in [5, 5.41) is 2.72. The van der Waals surface area contributed by atoms with Crippen molar-refractivity contribution in [1.82, 2.24) is 4.72 Å². The standard InChI is InChI=1S/C17H19N3O7S/c18-16(23)20-28(24,25)12-6-4-11(5-7-12)19-10-13-14(21)26-17(27-15(13)22)8-2-1-3-9-17/h4-7,10,19H,1-3,8-9H2,(H3,18,20,23). The van der Waals surface area contributed by atoms with Crippen molar-refractivity contribution in [3.8, 4) is 0 Å². The number of hydrogen-bond donors (Lipinski definition) is 3. The first-order chi connectivity index (χ1) is 13.2. The Morgan fingerprint density at radius 3 is 2.14 bits per heavy atom. The van der Waals surface area contributed by atoms with E-state index in [0.717, 1.165) is 25.5 Å². The predicted octanol–water partition coefficient (Wildman–Crippen LogP) is 1.10. The van der Waals surface area contributed by atoms with Crippen molar-refractivity contribution in [2.45, 2.75) is 42.8 Å². The van der Waals surface area contributed by atoms with Gasteiger partial charge in [-0.15, -0.1) is 0 Å². The maximum absolute atomic E-state index is 12.2. The number of ether oxygens (including phenoxy) is 2. The van der Waals surface area contributed by atoms with Crippen molar-refractivity contribution in [3.63, 3.8) is 0 Å². The smallest absolute Gasteiger partial charge is 0.350 e. The predicted molar refractivity (Wildman–Crippen MR) is 96.1 cm³/mol. The summed E-state index contributed by atoms with van der Waals surface area (Å²) >= 11 is 0. The molecule has 150 valence electrons. The molecule has 2 aliphatic rings. The van der Waals surface area contributed by atoms with Gasteiger partial charge in [0.25, 0.3) is 15.8 Å². The van der Waals surface area contributed by atoms with Crippen molar-refractivity contribution < 1.29 is 32.3 Å². The first-order valence-electron chi connectivity index (χ1n) is 8.56. The third kappa shape index (κ3) is 4.25. The van der Waals surface area contributed by atoms with Crippen LogP contribution in [0, 0.1) is 0 Å². The first-order valence-corrected chi connectivity index (χ1v) is 10.0. The molecule has 1 aromatic rings. The van der Waals surface area contributed by atoms with Gasteiger partial charge >= 0.3 is 18.0 Å². The number of esters is 2. The van der Waals surface area contributed by atoms with Gasteiger partial charge in [0.1, 0.15) is 0 Å². The highest BCUT2D eigenvalue weighted by Crippen LogP contribution is 2.36. The summed E-state index contributed by atoms with van der Waals surface area (Å²) in [4.78, 5) is 35.0. The van der Waals surface area contributed by atoms with Crippen LogP contribution in [0.15, 0.2) is 40.9 Å². The second kappa shape index (κ2) is 7.50. The van der Waals surface area contributed by atoms with Crippen LogP contribution < -0.4 is 15.8 Å². The van der Waals surface area contributed by atoms with Crippen LogP contribution >= 0.6 is 0 Å². The Kier molecular flexibility index (Phi) is 5.27. The van der Waals surface area contributed by atoms with Gasteiger partial charge in [-0.2, -0.15) is 0 Å². The number of nitrogens with two attached hydrogens (primary N) is 1. The molecule has 10 nitrogen and oxygen atoms in total. The molecular weight excluding hydrogens is 390 g/mol. The zero-order chi connectivity index (χ0) is 20.4. The fourth-order valence-electron chi connectivity index (χ4n) is 3.04. The van der Waals surface area contributed by atoms with E-state index in [9.17, 15) is 22.8 Å². The summed E-state index contributed by atoms with van der Waals surface area (Å²) in [5.41, 5.74) is 4.92. The van der Waals surface area contributed by atoms with Gasteiger partial charge in [0.2, 0.25) is 0 Å². The fourth-order valence-corrected chi connectivity index (χ4v) is 3.92. The SMILES string of the molecule is NC(=O)NS(=O)(=O)c1ccc(NC=C2C(=O)OC3(CCCCC3)OC2=O)cc1. The molecule has 0 bridgehead atoms. The highest BCUT2D eigenvalue weighted by molar-refractivity contribution is 7.90. The third-order valence-electron chi connectivity index (χ3n) is 4.40. The molecule has 1 aliphatic heterocycles. The molecule has 1 aromatic carbocycles. The van der Waals surface area contributed by atoms with Gasteiger partial charge in [0.15, 0.2) is 5.57 Å². The van der Waals surface area contributed by atoms with Crippen LogP contribution in [0.3, 0.4) is 0 Å². The molecule has 1 saturated heterocycles. The molecular formula is C17H19N3O7S. The highest BCUT2D eigenvalue weighted by Gasteiger charge is 2.46. The Hall–Kier alpha value is -3.08. The number of amides is 2. The van der Waals surface area contributed by atoms with Gasteiger partial charge in [-0.1, -0.05) is 6.42 Å². The Bertz CT molecular complexity index is 910. The molecule has 3 rings (SSSR count). The largest absolute Gasteiger partial charge is 0.419 e. The zero-order valence-corrected chi connectivity index (χ0v) is 15.6. The van der Waals surface area contributed by atoms with E-state index >= 15 is 0 Å². The molecule has 28 heavy (non-hydrogen) atoms.